The van der Waals surface area contributed by atoms with Crippen molar-refractivity contribution < 1.29 is 0 Å². The van der Waals surface area contributed by atoms with Gasteiger partial charge in [-0.05, 0) is 19.1 Å². The predicted molar refractivity (Wildman–Crippen MR) is 59.6 cm³/mol. The van der Waals surface area contributed by atoms with Gasteiger partial charge < -0.3 is 0 Å². The van der Waals surface area contributed by atoms with Gasteiger partial charge in [0.1, 0.15) is 10.9 Å². The van der Waals surface area contributed by atoms with Gasteiger partial charge in [-0.2, -0.15) is 0 Å². The van der Waals surface area contributed by atoms with Crippen LogP contribution in [0.3, 0.4) is 0 Å². The van der Waals surface area contributed by atoms with E-state index in [1.54, 1.807) is 11.8 Å². The van der Waals surface area contributed by atoms with Crippen molar-refractivity contribution in [3.8, 4) is 11.3 Å². The summed E-state index contributed by atoms with van der Waals surface area (Å²) in [6, 6.07) is 4.02. The van der Waals surface area contributed by atoms with Crippen molar-refractivity contribution in [3.63, 3.8) is 0 Å². The van der Waals surface area contributed by atoms with E-state index in [1.807, 2.05) is 25.4 Å². The topological polar surface area (TPSA) is 38.7 Å². The monoisotopic (exact) mass is 215 g/mol. The second kappa shape index (κ2) is 3.31. The average Bonchev–Trinajstić information content (AvgIpc) is 2.29. The lowest BCUT2D eigenvalue weighted by Gasteiger charge is -2.16. The molecule has 15 heavy (non-hydrogen) atoms. The molecule has 0 aliphatic carbocycles. The third-order valence-corrected chi connectivity index (χ3v) is 3.43. The fourth-order valence-electron chi connectivity index (χ4n) is 1.67. The van der Waals surface area contributed by atoms with Crippen molar-refractivity contribution in [2.24, 2.45) is 0 Å². The first-order valence-corrected chi connectivity index (χ1v) is 5.74. The molecule has 3 nitrogen and oxygen atoms in total. The molecule has 1 aliphatic heterocycles. The van der Waals surface area contributed by atoms with Gasteiger partial charge in [-0.15, -0.1) is 11.8 Å². The van der Waals surface area contributed by atoms with E-state index in [2.05, 4.69) is 21.0 Å². The summed E-state index contributed by atoms with van der Waals surface area (Å²) in [4.78, 5) is 13.1. The second-order valence-electron chi connectivity index (χ2n) is 3.44. The van der Waals surface area contributed by atoms with E-state index in [-0.39, 0.29) is 0 Å². The maximum atomic E-state index is 4.49. The Bertz CT molecular complexity index is 525. The van der Waals surface area contributed by atoms with E-state index < -0.39 is 0 Å². The van der Waals surface area contributed by atoms with E-state index >= 15 is 0 Å². The number of thioether (sulfide) groups is 1. The Morgan fingerprint density at radius 2 is 2.27 bits per heavy atom. The quantitative estimate of drug-likeness (QED) is 0.676. The normalized spacial score (nSPS) is 13.1. The summed E-state index contributed by atoms with van der Waals surface area (Å²) in [5, 5.41) is 1.07. The molecule has 0 saturated heterocycles. The number of aromatic nitrogens is 3. The van der Waals surface area contributed by atoms with Gasteiger partial charge in [0.05, 0.1) is 5.69 Å². The number of nitrogens with zero attached hydrogens (tertiary/aromatic N) is 3. The lowest BCUT2D eigenvalue weighted by Crippen LogP contribution is -2.02. The van der Waals surface area contributed by atoms with Crippen LogP contribution in [0.4, 0.5) is 0 Å². The van der Waals surface area contributed by atoms with E-state index in [0.717, 1.165) is 27.9 Å². The van der Waals surface area contributed by atoms with Crippen molar-refractivity contribution in [3.05, 3.63) is 35.9 Å². The van der Waals surface area contributed by atoms with Crippen LogP contribution in [-0.2, 0) is 5.75 Å². The molecule has 1 aliphatic rings. The number of fused-ring (bicyclic) bond motifs is 3. The number of hydrogen-bond acceptors (Lipinski definition) is 4. The van der Waals surface area contributed by atoms with Crippen LogP contribution in [0.2, 0.25) is 0 Å². The smallest absolute Gasteiger partial charge is 0.125 e. The summed E-state index contributed by atoms with van der Waals surface area (Å²) in [5.74, 6) is 1.73. The van der Waals surface area contributed by atoms with Gasteiger partial charge in [0, 0.05) is 29.3 Å². The summed E-state index contributed by atoms with van der Waals surface area (Å²) >= 11 is 1.75. The minimum Gasteiger partial charge on any atom is -0.249 e. The van der Waals surface area contributed by atoms with Crippen LogP contribution in [0.5, 0.6) is 0 Å². The highest BCUT2D eigenvalue weighted by Gasteiger charge is 2.18. The van der Waals surface area contributed by atoms with E-state index in [0.29, 0.717) is 0 Å². The fraction of sp³-hybridized carbons (Fsp3) is 0.182. The molecule has 3 rings (SSSR count). The molecule has 2 aromatic rings. The number of pyridine rings is 1. The molecule has 4 heteroatoms. The van der Waals surface area contributed by atoms with Crippen LogP contribution < -0.4 is 0 Å². The van der Waals surface area contributed by atoms with Gasteiger partial charge in [-0.3, -0.25) is 0 Å². The number of rotatable bonds is 0. The zero-order valence-corrected chi connectivity index (χ0v) is 9.08. The van der Waals surface area contributed by atoms with Crippen LogP contribution >= 0.6 is 11.8 Å². The molecule has 0 spiro atoms. The second-order valence-corrected chi connectivity index (χ2v) is 4.40. The van der Waals surface area contributed by atoms with Gasteiger partial charge in [-0.1, -0.05) is 0 Å². The fourth-order valence-corrected chi connectivity index (χ4v) is 2.63. The Balaban J connectivity index is 2.28. The molecule has 0 radical (unpaired) electrons. The molecule has 0 saturated carbocycles. The van der Waals surface area contributed by atoms with E-state index in [9.17, 15) is 0 Å². The van der Waals surface area contributed by atoms with Gasteiger partial charge >= 0.3 is 0 Å². The van der Waals surface area contributed by atoms with Gasteiger partial charge in [0.25, 0.3) is 0 Å². The largest absolute Gasteiger partial charge is 0.249 e. The average molecular weight is 215 g/mol. The predicted octanol–water partition coefficient (Wildman–Crippen LogP) is 2.45. The Labute approximate surface area is 92.0 Å². The van der Waals surface area contributed by atoms with Crippen LogP contribution in [-0.4, -0.2) is 15.0 Å². The van der Waals surface area contributed by atoms with Crippen LogP contribution in [0.25, 0.3) is 11.3 Å². The molecule has 0 aromatic carbocycles. The molecule has 0 atom stereocenters. The Hall–Kier alpha value is -1.42. The molecule has 2 aromatic heterocycles. The Morgan fingerprint density at radius 1 is 1.33 bits per heavy atom. The molecule has 0 N–H and O–H groups in total. The van der Waals surface area contributed by atoms with Crippen LogP contribution in [0.1, 0.15) is 11.4 Å². The molecule has 74 valence electrons. The van der Waals surface area contributed by atoms with Crippen molar-refractivity contribution in [2.45, 2.75) is 17.7 Å². The highest BCUT2D eigenvalue weighted by molar-refractivity contribution is 7.98. The summed E-state index contributed by atoms with van der Waals surface area (Å²) in [7, 11) is 0. The third kappa shape index (κ3) is 1.41. The molecule has 0 unspecified atom stereocenters. The van der Waals surface area contributed by atoms with Crippen molar-refractivity contribution in [1.29, 1.82) is 0 Å². The standard InChI is InChI=1S/C11H9N3S/c1-7-13-5-8-6-15-11-9(10(8)14-7)3-2-4-12-11/h2-5H,6H2,1H3. The maximum Gasteiger partial charge on any atom is 0.125 e. The first-order valence-electron chi connectivity index (χ1n) is 4.75. The summed E-state index contributed by atoms with van der Waals surface area (Å²) < 4.78 is 0. The SMILES string of the molecule is Cc1ncc2c(n1)-c1cccnc1SC2. The van der Waals surface area contributed by atoms with E-state index in [1.165, 1.54) is 5.56 Å². The maximum absolute atomic E-state index is 4.49. The van der Waals surface area contributed by atoms with E-state index in [4.69, 9.17) is 0 Å². The highest BCUT2D eigenvalue weighted by Crippen LogP contribution is 2.38. The number of aryl methyl sites for hydroxylation is 1. The number of hydrogen-bond donors (Lipinski definition) is 0. The van der Waals surface area contributed by atoms with Crippen molar-refractivity contribution in [2.75, 3.05) is 0 Å². The molecule has 0 fully saturated rings. The van der Waals surface area contributed by atoms with Gasteiger partial charge in [-0.25, -0.2) is 15.0 Å². The molecule has 3 heterocycles. The zero-order valence-electron chi connectivity index (χ0n) is 8.27. The minimum absolute atomic E-state index is 0.815. The van der Waals surface area contributed by atoms with Crippen LogP contribution in [0, 0.1) is 6.92 Å². The zero-order chi connectivity index (χ0) is 10.3. The first-order chi connectivity index (χ1) is 7.34. The third-order valence-electron chi connectivity index (χ3n) is 2.38. The lowest BCUT2D eigenvalue weighted by atomic mass is 10.1. The molecule has 0 amide bonds. The van der Waals surface area contributed by atoms with Crippen molar-refractivity contribution >= 4 is 11.8 Å². The Morgan fingerprint density at radius 3 is 3.20 bits per heavy atom. The molecular formula is C11H9N3S. The summed E-state index contributed by atoms with van der Waals surface area (Å²) in [6.07, 6.45) is 3.74. The Kier molecular flexibility index (Phi) is 1.95. The highest BCUT2D eigenvalue weighted by atomic mass is 32.2. The minimum atomic E-state index is 0.815. The molecular weight excluding hydrogens is 206 g/mol. The first kappa shape index (κ1) is 8.85. The van der Waals surface area contributed by atoms with Gasteiger partial charge in [0.2, 0.25) is 0 Å². The van der Waals surface area contributed by atoms with Crippen LogP contribution in [0.15, 0.2) is 29.6 Å². The van der Waals surface area contributed by atoms with Crippen molar-refractivity contribution in [1.82, 2.24) is 15.0 Å². The lowest BCUT2D eigenvalue weighted by molar-refractivity contribution is 1.01. The summed E-state index contributed by atoms with van der Waals surface area (Å²) in [5.41, 5.74) is 3.38. The molecule has 0 bridgehead atoms. The summed E-state index contributed by atoms with van der Waals surface area (Å²) in [6.45, 7) is 1.91. The van der Waals surface area contributed by atoms with Gasteiger partial charge in [0.15, 0.2) is 0 Å².